The van der Waals surface area contributed by atoms with Crippen molar-refractivity contribution in [2.24, 2.45) is 0 Å². The average molecular weight is 232 g/mol. The molecule has 0 fully saturated rings. The van der Waals surface area contributed by atoms with Gasteiger partial charge in [0.15, 0.2) is 0 Å². The molecule has 0 aromatic heterocycles. The Balaban J connectivity index is 3.09. The molecule has 0 aliphatic carbocycles. The van der Waals surface area contributed by atoms with Crippen LogP contribution in [0.4, 0.5) is 0 Å². The highest BCUT2D eigenvalue weighted by atomic mass is 16.5. The Bertz CT molecular complexity index is 165. The summed E-state index contributed by atoms with van der Waals surface area (Å²) in [6.07, 6.45) is 2.13. The van der Waals surface area contributed by atoms with Gasteiger partial charge in [0, 0.05) is 20.2 Å². The van der Waals surface area contributed by atoms with Crippen molar-refractivity contribution in [2.45, 2.75) is 19.8 Å². The molecule has 0 heterocycles. The Kier molecular flexibility index (Phi) is 11.9. The summed E-state index contributed by atoms with van der Waals surface area (Å²) < 4.78 is 10.1. The van der Waals surface area contributed by atoms with Gasteiger partial charge in [-0.25, -0.2) is 0 Å². The molecule has 5 nitrogen and oxygen atoms in total. The molecule has 5 heteroatoms. The minimum Gasteiger partial charge on any atom is -0.382 e. The fourth-order valence-electron chi connectivity index (χ4n) is 1.06. The normalized spacial score (nSPS) is 10.4. The van der Waals surface area contributed by atoms with E-state index in [9.17, 15) is 4.79 Å². The van der Waals surface area contributed by atoms with E-state index in [1.54, 1.807) is 7.11 Å². The number of hydrogen-bond acceptors (Lipinski definition) is 4. The van der Waals surface area contributed by atoms with Gasteiger partial charge in [-0.05, 0) is 6.42 Å². The molecule has 0 radical (unpaired) electrons. The third kappa shape index (κ3) is 11.4. The van der Waals surface area contributed by atoms with Crippen LogP contribution in [0.5, 0.6) is 0 Å². The first kappa shape index (κ1) is 15.3. The Morgan fingerprint density at radius 2 is 2.00 bits per heavy atom. The molecule has 0 rings (SSSR count). The van der Waals surface area contributed by atoms with Crippen LogP contribution in [0.1, 0.15) is 19.8 Å². The van der Waals surface area contributed by atoms with E-state index in [2.05, 4.69) is 17.6 Å². The van der Waals surface area contributed by atoms with Crippen molar-refractivity contribution in [3.05, 3.63) is 0 Å². The predicted octanol–water partition coefficient (Wildman–Crippen LogP) is 0.155. The molecule has 96 valence electrons. The molecular formula is C11H24N2O3. The highest BCUT2D eigenvalue weighted by Crippen LogP contribution is 1.81. The third-order valence-electron chi connectivity index (χ3n) is 1.99. The summed E-state index contributed by atoms with van der Waals surface area (Å²) in [4.78, 5) is 11.2. The first-order valence-corrected chi connectivity index (χ1v) is 5.85. The first-order chi connectivity index (χ1) is 7.81. The minimum atomic E-state index is 0.0466. The second-order valence-corrected chi connectivity index (χ2v) is 3.49. The summed E-state index contributed by atoms with van der Waals surface area (Å²) in [6, 6.07) is 0. The topological polar surface area (TPSA) is 59.6 Å². The number of methoxy groups -OCH3 is 1. The van der Waals surface area contributed by atoms with Gasteiger partial charge in [0.1, 0.15) is 0 Å². The number of ether oxygens (including phenoxy) is 2. The highest BCUT2D eigenvalue weighted by Gasteiger charge is 1.98. The molecule has 0 saturated carbocycles. The van der Waals surface area contributed by atoms with Crippen LogP contribution in [0.2, 0.25) is 0 Å². The predicted molar refractivity (Wildman–Crippen MR) is 63.5 cm³/mol. The van der Waals surface area contributed by atoms with E-state index in [1.165, 1.54) is 0 Å². The van der Waals surface area contributed by atoms with Crippen molar-refractivity contribution in [1.82, 2.24) is 10.6 Å². The molecule has 2 N–H and O–H groups in total. The zero-order valence-electron chi connectivity index (χ0n) is 10.4. The van der Waals surface area contributed by atoms with Crippen LogP contribution in [0.25, 0.3) is 0 Å². The lowest BCUT2D eigenvalue weighted by Crippen LogP contribution is -2.35. The summed E-state index contributed by atoms with van der Waals surface area (Å²) in [5.41, 5.74) is 0. The second-order valence-electron chi connectivity index (χ2n) is 3.49. The SMILES string of the molecule is CCCCNC(=O)CNCCOCCOC. The van der Waals surface area contributed by atoms with Crippen molar-refractivity contribution in [3.63, 3.8) is 0 Å². The molecule has 0 aliphatic heterocycles. The minimum absolute atomic E-state index is 0.0466. The summed E-state index contributed by atoms with van der Waals surface area (Å²) in [6.45, 7) is 5.72. The van der Waals surface area contributed by atoms with Crippen molar-refractivity contribution in [1.29, 1.82) is 0 Å². The zero-order valence-corrected chi connectivity index (χ0v) is 10.4. The highest BCUT2D eigenvalue weighted by molar-refractivity contribution is 5.77. The fourth-order valence-corrected chi connectivity index (χ4v) is 1.06. The van der Waals surface area contributed by atoms with E-state index in [0.717, 1.165) is 19.4 Å². The van der Waals surface area contributed by atoms with E-state index in [4.69, 9.17) is 9.47 Å². The molecule has 0 aromatic carbocycles. The van der Waals surface area contributed by atoms with Crippen LogP contribution in [0.3, 0.4) is 0 Å². The molecular weight excluding hydrogens is 208 g/mol. The van der Waals surface area contributed by atoms with Gasteiger partial charge in [-0.15, -0.1) is 0 Å². The van der Waals surface area contributed by atoms with E-state index in [1.807, 2.05) is 0 Å². The lowest BCUT2D eigenvalue weighted by Gasteiger charge is -2.06. The van der Waals surface area contributed by atoms with Crippen molar-refractivity contribution >= 4 is 5.91 Å². The van der Waals surface area contributed by atoms with Crippen LogP contribution < -0.4 is 10.6 Å². The van der Waals surface area contributed by atoms with Crippen molar-refractivity contribution in [3.8, 4) is 0 Å². The van der Waals surface area contributed by atoms with Crippen molar-refractivity contribution in [2.75, 3.05) is 46.6 Å². The third-order valence-corrected chi connectivity index (χ3v) is 1.99. The Hall–Kier alpha value is -0.650. The van der Waals surface area contributed by atoms with E-state index >= 15 is 0 Å². The molecule has 16 heavy (non-hydrogen) atoms. The monoisotopic (exact) mass is 232 g/mol. The number of hydrogen-bond donors (Lipinski definition) is 2. The second kappa shape index (κ2) is 12.4. The van der Waals surface area contributed by atoms with Gasteiger partial charge in [-0.2, -0.15) is 0 Å². The first-order valence-electron chi connectivity index (χ1n) is 5.85. The summed E-state index contributed by atoms with van der Waals surface area (Å²) in [5.74, 6) is 0.0466. The quantitative estimate of drug-likeness (QED) is 0.498. The Morgan fingerprint density at radius 1 is 1.19 bits per heavy atom. The number of rotatable bonds is 11. The van der Waals surface area contributed by atoms with Crippen LogP contribution >= 0.6 is 0 Å². The smallest absolute Gasteiger partial charge is 0.233 e. The van der Waals surface area contributed by atoms with E-state index in [-0.39, 0.29) is 5.91 Å². The van der Waals surface area contributed by atoms with Crippen molar-refractivity contribution < 1.29 is 14.3 Å². The number of amides is 1. The molecule has 1 amide bonds. The molecule has 0 aliphatic rings. The van der Waals surface area contributed by atoms with Crippen LogP contribution in [-0.2, 0) is 14.3 Å². The molecule has 0 aromatic rings. The number of carbonyl (C=O) groups is 1. The fraction of sp³-hybridized carbons (Fsp3) is 0.909. The molecule has 0 unspecified atom stereocenters. The van der Waals surface area contributed by atoms with E-state index < -0.39 is 0 Å². The average Bonchev–Trinajstić information content (AvgIpc) is 2.28. The lowest BCUT2D eigenvalue weighted by atomic mass is 10.3. The zero-order chi connectivity index (χ0) is 12.1. The van der Waals surface area contributed by atoms with Gasteiger partial charge < -0.3 is 20.1 Å². The molecule has 0 bridgehead atoms. The van der Waals surface area contributed by atoms with Crippen LogP contribution in [-0.4, -0.2) is 52.5 Å². The van der Waals surface area contributed by atoms with Gasteiger partial charge in [0.25, 0.3) is 0 Å². The van der Waals surface area contributed by atoms with Gasteiger partial charge in [-0.1, -0.05) is 13.3 Å². The van der Waals surface area contributed by atoms with E-state index in [0.29, 0.717) is 32.9 Å². The summed E-state index contributed by atoms with van der Waals surface area (Å²) in [5, 5.41) is 5.84. The van der Waals surface area contributed by atoms with Gasteiger partial charge in [0.05, 0.1) is 26.4 Å². The number of nitrogens with one attached hydrogen (secondary N) is 2. The standard InChI is InChI=1S/C11H24N2O3/c1-3-4-5-13-11(14)10-12-6-7-16-9-8-15-2/h12H,3-10H2,1-2H3,(H,13,14). The molecule has 0 spiro atoms. The van der Waals surface area contributed by atoms with Crippen LogP contribution in [0.15, 0.2) is 0 Å². The number of unbranched alkanes of at least 4 members (excludes halogenated alkanes) is 1. The number of carbonyl (C=O) groups excluding carboxylic acids is 1. The maximum atomic E-state index is 11.2. The molecule has 0 saturated heterocycles. The largest absolute Gasteiger partial charge is 0.382 e. The van der Waals surface area contributed by atoms with Gasteiger partial charge in [0.2, 0.25) is 5.91 Å². The summed E-state index contributed by atoms with van der Waals surface area (Å²) >= 11 is 0. The maximum Gasteiger partial charge on any atom is 0.233 e. The Labute approximate surface area is 97.9 Å². The molecule has 0 atom stereocenters. The Morgan fingerprint density at radius 3 is 2.69 bits per heavy atom. The van der Waals surface area contributed by atoms with Crippen LogP contribution in [0, 0.1) is 0 Å². The lowest BCUT2D eigenvalue weighted by molar-refractivity contribution is -0.120. The summed E-state index contributed by atoms with van der Waals surface area (Å²) in [7, 11) is 1.64. The van der Waals surface area contributed by atoms with Gasteiger partial charge in [-0.3, -0.25) is 4.79 Å². The maximum absolute atomic E-state index is 11.2. The van der Waals surface area contributed by atoms with Gasteiger partial charge >= 0.3 is 0 Å².